The van der Waals surface area contributed by atoms with Crippen LogP contribution in [0.25, 0.3) is 0 Å². The van der Waals surface area contributed by atoms with Crippen molar-refractivity contribution in [2.75, 3.05) is 0 Å². The second-order valence-electron chi connectivity index (χ2n) is 5.29. The molecule has 1 saturated carbocycles. The van der Waals surface area contributed by atoms with Crippen molar-refractivity contribution in [1.29, 1.82) is 0 Å². The fourth-order valence-corrected chi connectivity index (χ4v) is 3.46. The second-order valence-corrected chi connectivity index (χ2v) is 5.29. The molecule has 2 aliphatic carbocycles. The van der Waals surface area contributed by atoms with E-state index in [1.807, 2.05) is 18.2 Å². The number of Topliss-reactive ketones (excluding diaryl/α,β-unsaturated/α-hetero) is 1. The quantitative estimate of drug-likeness (QED) is 0.704. The molecule has 1 heterocycles. The lowest BCUT2D eigenvalue weighted by atomic mass is 9.61. The summed E-state index contributed by atoms with van der Waals surface area (Å²) >= 11 is 0. The number of hydrogen-bond acceptors (Lipinski definition) is 3. The van der Waals surface area contributed by atoms with Crippen LogP contribution in [-0.4, -0.2) is 17.6 Å². The molecule has 0 aromatic carbocycles. The number of ketones is 1. The molecule has 0 spiro atoms. The summed E-state index contributed by atoms with van der Waals surface area (Å²) in [6.45, 7) is 0. The summed E-state index contributed by atoms with van der Waals surface area (Å²) in [5.41, 5.74) is -0.744. The zero-order valence-corrected chi connectivity index (χ0v) is 10.0. The third-order valence-electron chi connectivity index (χ3n) is 4.43. The Bertz CT molecular complexity index is 481. The van der Waals surface area contributed by atoms with Crippen LogP contribution in [0.15, 0.2) is 24.3 Å². The first-order chi connectivity index (χ1) is 8.64. The monoisotopic (exact) mass is 245 g/mol. The number of fused-ring (bicyclic) bond motifs is 1. The van der Waals surface area contributed by atoms with E-state index in [0.717, 1.165) is 0 Å². The molecular weight excluding hydrogens is 230 g/mol. The first kappa shape index (κ1) is 11.4. The van der Waals surface area contributed by atoms with Gasteiger partial charge in [-0.3, -0.25) is 19.7 Å². The van der Waals surface area contributed by atoms with Crippen molar-refractivity contribution in [2.24, 2.45) is 17.3 Å². The average molecular weight is 245 g/mol. The third kappa shape index (κ3) is 1.41. The predicted molar refractivity (Wildman–Crippen MR) is 64.3 cm³/mol. The van der Waals surface area contributed by atoms with Crippen molar-refractivity contribution in [3.05, 3.63) is 24.3 Å². The Morgan fingerprint density at radius 1 is 1.11 bits per heavy atom. The minimum absolute atomic E-state index is 0.0906. The van der Waals surface area contributed by atoms with E-state index in [1.165, 1.54) is 0 Å². The van der Waals surface area contributed by atoms with Gasteiger partial charge in [0.2, 0.25) is 11.8 Å². The van der Waals surface area contributed by atoms with Crippen LogP contribution in [0.4, 0.5) is 0 Å². The van der Waals surface area contributed by atoms with Gasteiger partial charge in [0.1, 0.15) is 5.78 Å². The van der Waals surface area contributed by atoms with Crippen LogP contribution in [0, 0.1) is 17.3 Å². The number of carbonyl (C=O) groups is 3. The van der Waals surface area contributed by atoms with Gasteiger partial charge in [0, 0.05) is 12.8 Å². The fourth-order valence-electron chi connectivity index (χ4n) is 3.46. The Balaban J connectivity index is 1.98. The zero-order chi connectivity index (χ0) is 12.8. The number of nitrogens with one attached hydrogen (secondary N) is 1. The summed E-state index contributed by atoms with van der Waals surface area (Å²) in [7, 11) is 0. The van der Waals surface area contributed by atoms with Gasteiger partial charge in [0.15, 0.2) is 0 Å². The molecule has 1 N–H and O–H groups in total. The predicted octanol–water partition coefficient (Wildman–Crippen LogP) is 1.13. The van der Waals surface area contributed by atoms with Crippen molar-refractivity contribution in [2.45, 2.75) is 25.7 Å². The van der Waals surface area contributed by atoms with Crippen LogP contribution in [-0.2, 0) is 14.4 Å². The molecule has 1 saturated heterocycles. The molecule has 3 aliphatic rings. The van der Waals surface area contributed by atoms with Gasteiger partial charge in [-0.05, 0) is 18.8 Å². The van der Waals surface area contributed by atoms with Crippen LogP contribution in [0.2, 0.25) is 0 Å². The lowest BCUT2D eigenvalue weighted by Gasteiger charge is -2.38. The largest absolute Gasteiger partial charge is 0.300 e. The maximum atomic E-state index is 12.2. The molecule has 18 heavy (non-hydrogen) atoms. The molecule has 2 unspecified atom stereocenters. The fraction of sp³-hybridized carbons (Fsp3) is 0.500. The van der Waals surface area contributed by atoms with Gasteiger partial charge in [0.05, 0.1) is 11.3 Å². The van der Waals surface area contributed by atoms with E-state index in [9.17, 15) is 14.4 Å². The maximum absolute atomic E-state index is 12.2. The number of hydrogen-bond donors (Lipinski definition) is 1. The van der Waals surface area contributed by atoms with Crippen LogP contribution < -0.4 is 5.32 Å². The molecule has 4 nitrogen and oxygen atoms in total. The Labute approximate surface area is 105 Å². The van der Waals surface area contributed by atoms with Gasteiger partial charge < -0.3 is 0 Å². The Morgan fingerprint density at radius 2 is 1.83 bits per heavy atom. The Kier molecular flexibility index (Phi) is 2.47. The van der Waals surface area contributed by atoms with E-state index in [-0.39, 0.29) is 23.5 Å². The number of rotatable bonds is 1. The molecule has 2 fully saturated rings. The van der Waals surface area contributed by atoms with Gasteiger partial charge in [-0.25, -0.2) is 0 Å². The standard InChI is InChI=1S/C14H15NO3/c16-10-6-4-9(5-7-10)14-8-2-1-3-11(14)12(17)15-13(14)18/h1-3,8-9,11H,4-7H2,(H,15,17,18). The molecule has 4 heteroatoms. The molecule has 94 valence electrons. The highest BCUT2D eigenvalue weighted by Gasteiger charge is 2.57. The SMILES string of the molecule is O=C1CCC(C23C=CC=CC2C(=O)NC3=O)CC1. The number of carbonyl (C=O) groups excluding carboxylic acids is 3. The number of allylic oxidation sites excluding steroid dienone is 2. The second kappa shape index (κ2) is 3.90. The Morgan fingerprint density at radius 3 is 2.56 bits per heavy atom. The van der Waals surface area contributed by atoms with E-state index < -0.39 is 11.3 Å². The van der Waals surface area contributed by atoms with Crippen LogP contribution >= 0.6 is 0 Å². The van der Waals surface area contributed by atoms with Crippen LogP contribution in [0.5, 0.6) is 0 Å². The molecular formula is C14H15NO3. The summed E-state index contributed by atoms with van der Waals surface area (Å²) < 4.78 is 0. The highest BCUT2D eigenvalue weighted by Crippen LogP contribution is 2.49. The van der Waals surface area contributed by atoms with Crippen molar-refractivity contribution in [3.8, 4) is 0 Å². The smallest absolute Gasteiger partial charge is 0.238 e. The lowest BCUT2D eigenvalue weighted by Crippen LogP contribution is -2.42. The van der Waals surface area contributed by atoms with Gasteiger partial charge in [-0.2, -0.15) is 0 Å². The lowest BCUT2D eigenvalue weighted by molar-refractivity contribution is -0.131. The summed E-state index contributed by atoms with van der Waals surface area (Å²) in [5.74, 6) is -0.449. The molecule has 1 aliphatic heterocycles. The molecule has 2 atom stereocenters. The maximum Gasteiger partial charge on any atom is 0.238 e. The van der Waals surface area contributed by atoms with Crippen LogP contribution in [0.3, 0.4) is 0 Å². The van der Waals surface area contributed by atoms with E-state index >= 15 is 0 Å². The van der Waals surface area contributed by atoms with Crippen molar-refractivity contribution < 1.29 is 14.4 Å². The highest BCUT2D eigenvalue weighted by molar-refractivity contribution is 6.10. The molecule has 0 radical (unpaired) electrons. The summed E-state index contributed by atoms with van der Waals surface area (Å²) in [6, 6.07) is 0. The summed E-state index contributed by atoms with van der Waals surface area (Å²) in [6.07, 6.45) is 9.77. The first-order valence-corrected chi connectivity index (χ1v) is 6.37. The van der Waals surface area contributed by atoms with Crippen molar-refractivity contribution in [3.63, 3.8) is 0 Å². The van der Waals surface area contributed by atoms with Crippen LogP contribution in [0.1, 0.15) is 25.7 Å². The molecule has 0 aromatic heterocycles. The first-order valence-electron chi connectivity index (χ1n) is 6.37. The number of imide groups is 1. The highest BCUT2D eigenvalue weighted by atomic mass is 16.2. The molecule has 0 aromatic rings. The van der Waals surface area contributed by atoms with Crippen molar-refractivity contribution in [1.82, 2.24) is 5.32 Å². The minimum Gasteiger partial charge on any atom is -0.300 e. The summed E-state index contributed by atoms with van der Waals surface area (Å²) in [4.78, 5) is 35.4. The van der Waals surface area contributed by atoms with E-state index in [4.69, 9.17) is 0 Å². The molecule has 2 amide bonds. The number of amides is 2. The van der Waals surface area contributed by atoms with Gasteiger partial charge in [-0.15, -0.1) is 0 Å². The third-order valence-corrected chi connectivity index (χ3v) is 4.43. The normalized spacial score (nSPS) is 35.8. The van der Waals surface area contributed by atoms with E-state index in [0.29, 0.717) is 25.7 Å². The van der Waals surface area contributed by atoms with Gasteiger partial charge in [-0.1, -0.05) is 24.3 Å². The molecule has 3 rings (SSSR count). The molecule has 0 bridgehead atoms. The minimum atomic E-state index is -0.744. The summed E-state index contributed by atoms with van der Waals surface area (Å²) in [5, 5.41) is 2.44. The van der Waals surface area contributed by atoms with Gasteiger partial charge >= 0.3 is 0 Å². The van der Waals surface area contributed by atoms with Gasteiger partial charge in [0.25, 0.3) is 0 Å². The van der Waals surface area contributed by atoms with Crippen molar-refractivity contribution >= 4 is 17.6 Å². The van der Waals surface area contributed by atoms with E-state index in [1.54, 1.807) is 6.08 Å². The Hall–Kier alpha value is -1.71. The zero-order valence-electron chi connectivity index (χ0n) is 10.0. The van der Waals surface area contributed by atoms with E-state index in [2.05, 4.69) is 5.32 Å². The average Bonchev–Trinajstić information content (AvgIpc) is 2.64. The topological polar surface area (TPSA) is 63.2 Å².